The first kappa shape index (κ1) is 22.2. The molecule has 30 heavy (non-hydrogen) atoms. The molecule has 2 heterocycles. The van der Waals surface area contributed by atoms with Gasteiger partial charge in [0.1, 0.15) is 0 Å². The van der Waals surface area contributed by atoms with E-state index in [0.29, 0.717) is 5.69 Å². The minimum Gasteiger partial charge on any atom is -0.399 e. The zero-order valence-electron chi connectivity index (χ0n) is 17.7. The minimum absolute atomic E-state index is 0.00289. The van der Waals surface area contributed by atoms with E-state index in [1.165, 1.54) is 7.05 Å². The van der Waals surface area contributed by atoms with Crippen LogP contribution in [0.5, 0.6) is 0 Å². The highest BCUT2D eigenvalue weighted by Gasteiger charge is 2.52. The number of alkyl halides is 3. The van der Waals surface area contributed by atoms with E-state index in [9.17, 15) is 18.0 Å². The monoisotopic (exact) mass is 424 g/mol. The molecule has 1 aliphatic heterocycles. The first-order chi connectivity index (χ1) is 13.7. The van der Waals surface area contributed by atoms with Gasteiger partial charge in [-0.2, -0.15) is 9.78 Å². The molecule has 11 heteroatoms. The second-order valence-electron chi connectivity index (χ2n) is 8.26. The summed E-state index contributed by atoms with van der Waals surface area (Å²) >= 11 is 0. The lowest BCUT2D eigenvalue weighted by Gasteiger charge is -2.32. The third-order valence-electron chi connectivity index (χ3n) is 5.56. The van der Waals surface area contributed by atoms with Crippen LogP contribution in [0.2, 0.25) is 0 Å². The van der Waals surface area contributed by atoms with E-state index in [1.807, 2.05) is 40.7 Å². The van der Waals surface area contributed by atoms with Gasteiger partial charge in [0.15, 0.2) is 0 Å². The number of benzene rings is 1. The number of halogens is 3. The molecule has 1 aliphatic rings. The van der Waals surface area contributed by atoms with Gasteiger partial charge in [-0.15, -0.1) is 13.2 Å². The van der Waals surface area contributed by atoms with Gasteiger partial charge < -0.3 is 14.6 Å². The summed E-state index contributed by atoms with van der Waals surface area (Å²) in [5, 5.41) is 5.92. The predicted molar refractivity (Wildman–Crippen MR) is 108 cm³/mol. The Morgan fingerprint density at radius 1 is 1.20 bits per heavy atom. The van der Waals surface area contributed by atoms with E-state index >= 15 is 0 Å². The number of hydrogen-bond donors (Lipinski definition) is 1. The number of carbonyl (C=O) groups excluding carboxylic acids is 1. The molecule has 1 fully saturated rings. The zero-order chi connectivity index (χ0) is 22.5. The Hall–Kier alpha value is -2.53. The predicted octanol–water partition coefficient (Wildman–Crippen LogP) is 3.64. The van der Waals surface area contributed by atoms with Crippen molar-refractivity contribution >= 4 is 30.0 Å². The molecule has 2 amide bonds. The first-order valence-corrected chi connectivity index (χ1v) is 9.34. The van der Waals surface area contributed by atoms with E-state index in [4.69, 9.17) is 9.31 Å². The van der Waals surface area contributed by atoms with Crippen molar-refractivity contribution < 1.29 is 27.3 Å². The van der Waals surface area contributed by atoms with Crippen LogP contribution in [0.25, 0.3) is 0 Å². The average Bonchev–Trinajstić information content (AvgIpc) is 3.19. The molecule has 0 bridgehead atoms. The third kappa shape index (κ3) is 4.17. The lowest BCUT2D eigenvalue weighted by Crippen LogP contribution is -2.41. The van der Waals surface area contributed by atoms with Crippen molar-refractivity contribution in [1.29, 1.82) is 0 Å². The molecular weight excluding hydrogens is 400 g/mol. The summed E-state index contributed by atoms with van der Waals surface area (Å²) in [5.74, 6) is 0. The normalized spacial score (nSPS) is 17.8. The number of aryl methyl sites for hydroxylation is 1. The van der Waals surface area contributed by atoms with Crippen molar-refractivity contribution in [3.8, 4) is 0 Å². The van der Waals surface area contributed by atoms with Crippen molar-refractivity contribution in [2.24, 2.45) is 0 Å². The van der Waals surface area contributed by atoms with Gasteiger partial charge >= 0.3 is 19.4 Å². The number of rotatable bonds is 3. The maximum atomic E-state index is 12.7. The number of hydrogen-bond acceptors (Lipinski definition) is 4. The van der Waals surface area contributed by atoms with Gasteiger partial charge in [0.25, 0.3) is 0 Å². The molecule has 162 valence electrons. The SMILES string of the molecule is Cc1ccc(NC(=O)N(C)c2cnn(C(F)(F)F)c2)cc1B1OC(C)(C)C(C)(C)O1. The maximum absolute atomic E-state index is 12.7. The van der Waals surface area contributed by atoms with Crippen LogP contribution in [-0.2, 0) is 15.6 Å². The summed E-state index contributed by atoms with van der Waals surface area (Å²) < 4.78 is 50.1. The average molecular weight is 424 g/mol. The first-order valence-electron chi connectivity index (χ1n) is 9.34. The summed E-state index contributed by atoms with van der Waals surface area (Å²) in [6, 6.07) is 4.65. The minimum atomic E-state index is -4.65. The molecular formula is C19H24BF3N4O3. The molecule has 1 N–H and O–H groups in total. The van der Waals surface area contributed by atoms with Gasteiger partial charge in [0.2, 0.25) is 0 Å². The smallest absolute Gasteiger partial charge is 0.399 e. The van der Waals surface area contributed by atoms with Crippen molar-refractivity contribution in [1.82, 2.24) is 9.78 Å². The maximum Gasteiger partial charge on any atom is 0.504 e. The number of urea groups is 1. The van der Waals surface area contributed by atoms with Gasteiger partial charge in [-0.25, -0.2) is 4.79 Å². The molecule has 0 spiro atoms. The number of nitrogens with zero attached hydrogens (tertiary/aromatic N) is 3. The Labute approximate surface area is 173 Å². The largest absolute Gasteiger partial charge is 0.504 e. The van der Waals surface area contributed by atoms with Crippen molar-refractivity contribution in [2.75, 3.05) is 17.3 Å². The van der Waals surface area contributed by atoms with Crippen LogP contribution in [0.4, 0.5) is 29.3 Å². The molecule has 0 radical (unpaired) electrons. The third-order valence-corrected chi connectivity index (χ3v) is 5.56. The van der Waals surface area contributed by atoms with Gasteiger partial charge in [-0.1, -0.05) is 11.6 Å². The molecule has 2 aromatic rings. The zero-order valence-corrected chi connectivity index (χ0v) is 17.7. The van der Waals surface area contributed by atoms with Crippen LogP contribution in [0.3, 0.4) is 0 Å². The summed E-state index contributed by atoms with van der Waals surface area (Å²) in [6.45, 7) is 9.70. The van der Waals surface area contributed by atoms with Crippen LogP contribution < -0.4 is 15.7 Å². The lowest BCUT2D eigenvalue weighted by atomic mass is 9.76. The van der Waals surface area contributed by atoms with Crippen molar-refractivity contribution in [3.63, 3.8) is 0 Å². The van der Waals surface area contributed by atoms with Crippen LogP contribution in [-0.4, -0.2) is 41.2 Å². The Morgan fingerprint density at radius 2 is 1.80 bits per heavy atom. The van der Waals surface area contributed by atoms with Gasteiger partial charge in [-0.05, 0) is 52.2 Å². The van der Waals surface area contributed by atoms with E-state index in [-0.39, 0.29) is 10.4 Å². The second-order valence-corrected chi connectivity index (χ2v) is 8.26. The van der Waals surface area contributed by atoms with E-state index in [0.717, 1.165) is 28.3 Å². The van der Waals surface area contributed by atoms with Crippen LogP contribution in [0.15, 0.2) is 30.6 Å². The van der Waals surface area contributed by atoms with Gasteiger partial charge in [0, 0.05) is 12.7 Å². The highest BCUT2D eigenvalue weighted by molar-refractivity contribution is 6.62. The number of nitrogens with one attached hydrogen (secondary N) is 1. The quantitative estimate of drug-likeness (QED) is 0.765. The summed E-state index contributed by atoms with van der Waals surface area (Å²) in [5.41, 5.74) is 1.13. The fourth-order valence-corrected chi connectivity index (χ4v) is 2.89. The number of carbonyl (C=O) groups is 1. The number of aromatic nitrogens is 2. The second kappa shape index (κ2) is 7.31. The molecule has 0 atom stereocenters. The fraction of sp³-hybridized carbons (Fsp3) is 0.474. The standard InChI is InChI=1S/C19H24BF3N4O3/c1-12-7-8-13(9-15(12)20-29-17(2,3)18(4,5)30-20)25-16(28)26(6)14-10-24-27(11-14)19(21,22)23/h7-11H,1-6H3,(H,25,28). The van der Waals surface area contributed by atoms with Crippen molar-refractivity contribution in [3.05, 3.63) is 36.2 Å². The highest BCUT2D eigenvalue weighted by Crippen LogP contribution is 2.36. The number of amides is 2. The highest BCUT2D eigenvalue weighted by atomic mass is 19.4. The van der Waals surface area contributed by atoms with Crippen LogP contribution in [0, 0.1) is 6.92 Å². The summed E-state index contributed by atoms with van der Waals surface area (Å²) in [4.78, 5) is 13.6. The summed E-state index contributed by atoms with van der Waals surface area (Å²) in [6.07, 6.45) is -2.94. The van der Waals surface area contributed by atoms with E-state index in [1.54, 1.807) is 12.1 Å². The molecule has 7 nitrogen and oxygen atoms in total. The van der Waals surface area contributed by atoms with Crippen LogP contribution in [0.1, 0.15) is 33.3 Å². The Balaban J connectivity index is 1.77. The van der Waals surface area contributed by atoms with Crippen LogP contribution >= 0.6 is 0 Å². The Morgan fingerprint density at radius 3 is 2.33 bits per heavy atom. The fourth-order valence-electron chi connectivity index (χ4n) is 2.89. The lowest BCUT2D eigenvalue weighted by molar-refractivity contribution is -0.212. The van der Waals surface area contributed by atoms with Gasteiger partial charge in [0.05, 0.1) is 29.3 Å². The topological polar surface area (TPSA) is 68.6 Å². The Kier molecular flexibility index (Phi) is 5.40. The molecule has 1 aromatic heterocycles. The Bertz CT molecular complexity index is 943. The molecule has 1 aromatic carbocycles. The molecule has 0 unspecified atom stereocenters. The molecule has 0 aliphatic carbocycles. The molecule has 3 rings (SSSR count). The van der Waals surface area contributed by atoms with E-state index < -0.39 is 30.7 Å². The van der Waals surface area contributed by atoms with Crippen molar-refractivity contribution in [2.45, 2.75) is 52.1 Å². The molecule has 0 saturated carbocycles. The van der Waals surface area contributed by atoms with E-state index in [2.05, 4.69) is 10.4 Å². The van der Waals surface area contributed by atoms with Gasteiger partial charge in [-0.3, -0.25) is 4.90 Å². The summed E-state index contributed by atoms with van der Waals surface area (Å²) in [7, 11) is 0.755. The molecule has 1 saturated heterocycles. The number of anilines is 2.